The summed E-state index contributed by atoms with van der Waals surface area (Å²) in [4.78, 5) is 0. The van der Waals surface area contributed by atoms with E-state index in [0.717, 1.165) is 0 Å². The fraction of sp³-hybridized carbons (Fsp3) is 0.588. The van der Waals surface area contributed by atoms with E-state index in [1.54, 1.807) is 0 Å². The molecule has 0 aliphatic carbocycles. The molecule has 0 fully saturated rings. The van der Waals surface area contributed by atoms with Gasteiger partial charge in [-0.05, 0) is 0 Å². The molecule has 0 atom stereocenters. The van der Waals surface area contributed by atoms with Crippen LogP contribution in [0.2, 0.25) is 0 Å². The fourth-order valence-electron chi connectivity index (χ4n) is 1.85. The maximum atomic E-state index is 5.01. The van der Waals surface area contributed by atoms with Crippen LogP contribution in [-0.4, -0.2) is 4.40 Å². The Hall–Kier alpha value is -0.422. The predicted molar refractivity (Wildman–Crippen MR) is 82.2 cm³/mol. The van der Waals surface area contributed by atoms with E-state index in [1.165, 1.54) is 16.8 Å². The molecular formula is C17H27MoN. The Balaban J connectivity index is 3.34. The normalized spacial score (nSPS) is 11.8. The van der Waals surface area contributed by atoms with Crippen molar-refractivity contribution < 1.29 is 17.9 Å². The van der Waals surface area contributed by atoms with Gasteiger partial charge in [-0.2, -0.15) is 0 Å². The van der Waals surface area contributed by atoms with Gasteiger partial charge in [0.15, 0.2) is 0 Å². The third kappa shape index (κ3) is 5.22. The molecule has 1 aromatic rings. The molecule has 0 aliphatic rings. The predicted octanol–water partition coefficient (Wildman–Crippen LogP) is 5.68. The molecule has 0 bridgehead atoms. The minimum absolute atomic E-state index is 0.288. The van der Waals surface area contributed by atoms with E-state index in [4.69, 9.17) is 3.50 Å². The van der Waals surface area contributed by atoms with Gasteiger partial charge in [0.2, 0.25) is 0 Å². The van der Waals surface area contributed by atoms with Crippen LogP contribution in [0.4, 0.5) is 5.69 Å². The van der Waals surface area contributed by atoms with Crippen molar-refractivity contribution in [3.05, 3.63) is 29.3 Å². The average molecular weight is 341 g/mol. The van der Waals surface area contributed by atoms with E-state index in [2.05, 4.69) is 71.1 Å². The number of nitrogens with zero attached hydrogens (tertiary/aromatic N) is 1. The second-order valence-corrected chi connectivity index (χ2v) is 8.32. The van der Waals surface area contributed by atoms with Gasteiger partial charge in [-0.25, -0.2) is 0 Å². The Kier molecular flexibility index (Phi) is 5.99. The van der Waals surface area contributed by atoms with Crippen molar-refractivity contribution in [1.82, 2.24) is 0 Å². The number of hydrogen-bond donors (Lipinski definition) is 0. The van der Waals surface area contributed by atoms with Gasteiger partial charge < -0.3 is 0 Å². The van der Waals surface area contributed by atoms with E-state index in [0.29, 0.717) is 11.8 Å². The molecule has 0 heterocycles. The van der Waals surface area contributed by atoms with Crippen LogP contribution >= 0.6 is 0 Å². The number of hydrogen-bond acceptors (Lipinski definition) is 1. The molecule has 0 unspecified atom stereocenters. The summed E-state index contributed by atoms with van der Waals surface area (Å²) in [6, 6.07) is 6.65. The molecule has 2 heteroatoms. The first-order chi connectivity index (χ1) is 8.72. The van der Waals surface area contributed by atoms with Crippen LogP contribution in [0.15, 0.2) is 21.7 Å². The molecule has 19 heavy (non-hydrogen) atoms. The molecule has 1 rings (SSSR count). The van der Waals surface area contributed by atoms with Crippen LogP contribution in [0.25, 0.3) is 0 Å². The molecule has 0 aliphatic heterocycles. The van der Waals surface area contributed by atoms with Gasteiger partial charge in [0, 0.05) is 0 Å². The summed E-state index contributed by atoms with van der Waals surface area (Å²) >= 11 is -0.415. The van der Waals surface area contributed by atoms with Gasteiger partial charge in [0.25, 0.3) is 0 Å². The second-order valence-electron chi connectivity index (χ2n) is 6.78. The van der Waals surface area contributed by atoms with Crippen molar-refractivity contribution in [3.63, 3.8) is 0 Å². The molecule has 0 N–H and O–H groups in total. The average Bonchev–Trinajstić information content (AvgIpc) is 2.26. The zero-order valence-corrected chi connectivity index (χ0v) is 15.3. The zero-order chi connectivity index (χ0) is 14.6. The van der Waals surface area contributed by atoms with Crippen molar-refractivity contribution in [1.29, 1.82) is 0 Å². The summed E-state index contributed by atoms with van der Waals surface area (Å²) in [7, 11) is 0. The minimum atomic E-state index is -0.415. The van der Waals surface area contributed by atoms with Crippen molar-refractivity contribution in [2.75, 3.05) is 0 Å². The van der Waals surface area contributed by atoms with E-state index < -0.39 is 17.9 Å². The maximum absolute atomic E-state index is 5.01. The molecule has 1 nitrogen and oxygen atoms in total. The molecule has 0 amide bonds. The van der Waals surface area contributed by atoms with E-state index in [1.807, 2.05) is 0 Å². The van der Waals surface area contributed by atoms with Crippen molar-refractivity contribution in [2.24, 2.45) is 8.91 Å². The summed E-state index contributed by atoms with van der Waals surface area (Å²) in [5.41, 5.74) is 4.36. The number of benzene rings is 1. The van der Waals surface area contributed by atoms with Gasteiger partial charge in [-0.3, -0.25) is 0 Å². The van der Waals surface area contributed by atoms with Gasteiger partial charge >= 0.3 is 127 Å². The fourth-order valence-corrected chi connectivity index (χ4v) is 3.54. The Morgan fingerprint density at radius 2 is 1.47 bits per heavy atom. The summed E-state index contributed by atoms with van der Waals surface area (Å²) < 4.78 is 7.42. The monoisotopic (exact) mass is 343 g/mol. The van der Waals surface area contributed by atoms with Crippen LogP contribution in [-0.2, 0) is 17.9 Å². The molecule has 106 valence electrons. The first kappa shape index (κ1) is 16.6. The van der Waals surface area contributed by atoms with Gasteiger partial charge in [0.1, 0.15) is 0 Å². The molecule has 0 radical (unpaired) electrons. The van der Waals surface area contributed by atoms with Crippen LogP contribution in [0.1, 0.15) is 71.4 Å². The van der Waals surface area contributed by atoms with Crippen LogP contribution in [0.3, 0.4) is 0 Å². The molecule has 0 saturated carbocycles. The topological polar surface area (TPSA) is 12.4 Å². The molecule has 1 aromatic carbocycles. The summed E-state index contributed by atoms with van der Waals surface area (Å²) in [5.74, 6) is 1.08. The van der Waals surface area contributed by atoms with Crippen molar-refractivity contribution in [3.8, 4) is 0 Å². The molecule has 0 saturated heterocycles. The van der Waals surface area contributed by atoms with Gasteiger partial charge in [-0.15, -0.1) is 0 Å². The van der Waals surface area contributed by atoms with Gasteiger partial charge in [0.05, 0.1) is 0 Å². The summed E-state index contributed by atoms with van der Waals surface area (Å²) in [6.07, 6.45) is 0. The van der Waals surface area contributed by atoms with E-state index in [-0.39, 0.29) is 5.41 Å². The van der Waals surface area contributed by atoms with Crippen LogP contribution in [0, 0.1) is 5.41 Å². The summed E-state index contributed by atoms with van der Waals surface area (Å²) in [5, 5.41) is 0. The summed E-state index contributed by atoms with van der Waals surface area (Å²) in [6.45, 7) is 15.8. The standard InChI is InChI=1S/C12H17N.C5H10.Mo/c1-8(2)10-6-5-7-11(9(3)4)12(10)13;1-5(2,3)4;/h5-9H,1-4H3;1H,2-4H3;. The van der Waals surface area contributed by atoms with Gasteiger partial charge in [-0.1, -0.05) is 0 Å². The zero-order valence-electron chi connectivity index (χ0n) is 13.3. The van der Waals surface area contributed by atoms with Crippen molar-refractivity contribution >= 4 is 10.1 Å². The Labute approximate surface area is 126 Å². The van der Waals surface area contributed by atoms with Crippen molar-refractivity contribution in [2.45, 2.75) is 60.3 Å². The van der Waals surface area contributed by atoms with E-state index >= 15 is 0 Å². The third-order valence-electron chi connectivity index (χ3n) is 2.89. The first-order valence-electron chi connectivity index (χ1n) is 7.06. The van der Waals surface area contributed by atoms with E-state index in [9.17, 15) is 0 Å². The molecule has 0 aromatic heterocycles. The Bertz CT molecular complexity index is 460. The first-order valence-corrected chi connectivity index (χ1v) is 9.12. The Morgan fingerprint density at radius 1 is 1.00 bits per heavy atom. The quantitative estimate of drug-likeness (QED) is 0.627. The second kappa shape index (κ2) is 6.84. The molecule has 0 spiro atoms. The SMILES string of the molecule is CC(C)c1cccc(C(C)C)c1[N]=[Mo]=[CH]C(C)(C)C. The third-order valence-corrected chi connectivity index (χ3v) is 5.60. The van der Waals surface area contributed by atoms with Crippen LogP contribution < -0.4 is 0 Å². The number of rotatable bonds is 3. The van der Waals surface area contributed by atoms with Crippen LogP contribution in [0.5, 0.6) is 0 Å². The molecular weight excluding hydrogens is 314 g/mol. The Morgan fingerprint density at radius 3 is 1.84 bits per heavy atom.